The molecular formula is C20H18N8O2. The minimum absolute atomic E-state index is 0.178. The smallest absolute Gasteiger partial charge is 0.275 e. The molecule has 0 bridgehead atoms. The average molecular weight is 402 g/mol. The number of hydrogen-bond acceptors (Lipinski definition) is 8. The molecule has 4 heterocycles. The molecule has 0 aliphatic rings. The maximum Gasteiger partial charge on any atom is 0.275 e. The van der Waals surface area contributed by atoms with E-state index in [4.69, 9.17) is 4.74 Å². The van der Waals surface area contributed by atoms with Crippen LogP contribution in [0.5, 0.6) is 11.5 Å². The van der Waals surface area contributed by atoms with E-state index < -0.39 is 5.91 Å². The van der Waals surface area contributed by atoms with Crippen molar-refractivity contribution in [1.29, 1.82) is 0 Å². The van der Waals surface area contributed by atoms with Crippen LogP contribution in [-0.2, 0) is 0 Å². The molecule has 4 aromatic heterocycles. The van der Waals surface area contributed by atoms with Gasteiger partial charge in [0.05, 0.1) is 12.4 Å². The quantitative estimate of drug-likeness (QED) is 0.522. The zero-order valence-electron chi connectivity index (χ0n) is 16.3. The lowest BCUT2D eigenvalue weighted by molar-refractivity contribution is 0.102. The number of ether oxygens (including phenoxy) is 1. The van der Waals surface area contributed by atoms with Crippen LogP contribution in [0.3, 0.4) is 0 Å². The summed E-state index contributed by atoms with van der Waals surface area (Å²) in [7, 11) is 0. The molecule has 10 heteroatoms. The van der Waals surface area contributed by atoms with Crippen molar-refractivity contribution in [3.63, 3.8) is 0 Å². The Morgan fingerprint density at radius 3 is 2.73 bits per heavy atom. The van der Waals surface area contributed by atoms with Crippen molar-refractivity contribution in [3.8, 4) is 23.0 Å². The van der Waals surface area contributed by atoms with Gasteiger partial charge in [0, 0.05) is 24.4 Å². The molecule has 0 aliphatic heterocycles. The lowest BCUT2D eigenvalue weighted by Gasteiger charge is -2.11. The molecule has 0 radical (unpaired) electrons. The minimum atomic E-state index is -0.414. The van der Waals surface area contributed by atoms with Gasteiger partial charge in [-0.05, 0) is 32.0 Å². The zero-order chi connectivity index (χ0) is 20.9. The Hall–Kier alpha value is -4.21. The van der Waals surface area contributed by atoms with Crippen LogP contribution < -0.4 is 10.1 Å². The van der Waals surface area contributed by atoms with E-state index >= 15 is 0 Å². The van der Waals surface area contributed by atoms with Gasteiger partial charge in [0.2, 0.25) is 0 Å². The molecule has 0 fully saturated rings. The van der Waals surface area contributed by atoms with Crippen LogP contribution in [0, 0.1) is 0 Å². The van der Waals surface area contributed by atoms with Gasteiger partial charge in [-0.3, -0.25) is 9.78 Å². The van der Waals surface area contributed by atoms with Gasteiger partial charge in [0.1, 0.15) is 35.0 Å². The van der Waals surface area contributed by atoms with Crippen molar-refractivity contribution < 1.29 is 9.53 Å². The van der Waals surface area contributed by atoms with Crippen LogP contribution in [0.2, 0.25) is 0 Å². The fourth-order valence-corrected chi connectivity index (χ4v) is 2.69. The molecule has 0 saturated carbocycles. The summed E-state index contributed by atoms with van der Waals surface area (Å²) >= 11 is 0. The van der Waals surface area contributed by atoms with Gasteiger partial charge in [-0.25, -0.2) is 4.98 Å². The molecule has 150 valence electrons. The third kappa shape index (κ3) is 4.27. The predicted octanol–water partition coefficient (Wildman–Crippen LogP) is 3.15. The topological polar surface area (TPSA) is 121 Å². The van der Waals surface area contributed by atoms with Crippen LogP contribution >= 0.6 is 0 Å². The molecule has 1 N–H and O–H groups in total. The number of pyridine rings is 2. The Bertz CT molecular complexity index is 1160. The largest absolute Gasteiger partial charge is 0.455 e. The van der Waals surface area contributed by atoms with E-state index in [1.165, 1.54) is 24.7 Å². The highest BCUT2D eigenvalue weighted by molar-refractivity contribution is 6.02. The van der Waals surface area contributed by atoms with Crippen molar-refractivity contribution in [3.05, 3.63) is 67.0 Å². The Balaban J connectivity index is 1.52. The van der Waals surface area contributed by atoms with Crippen molar-refractivity contribution in [1.82, 2.24) is 34.9 Å². The molecule has 0 atom stereocenters. The van der Waals surface area contributed by atoms with Crippen molar-refractivity contribution in [2.75, 3.05) is 5.32 Å². The second kappa shape index (κ2) is 8.43. The third-order valence-electron chi connectivity index (χ3n) is 4.11. The first kappa shape index (κ1) is 19.1. The summed E-state index contributed by atoms with van der Waals surface area (Å²) in [5, 5.41) is 18.3. The van der Waals surface area contributed by atoms with E-state index in [1.54, 1.807) is 30.6 Å². The van der Waals surface area contributed by atoms with Gasteiger partial charge in [-0.1, -0.05) is 6.07 Å². The standard InChI is InChI=1S/C20H18N8O2/c1-13(2)28-12-24-27-19(28)16-4-3-5-18(25-16)26-20(29)17-10-14(6-8-21-17)30-15-7-9-22-23-11-15/h3-13H,1-2H3,(H,25,26,29). The first-order valence-electron chi connectivity index (χ1n) is 9.19. The van der Waals surface area contributed by atoms with E-state index in [0.717, 1.165) is 0 Å². The van der Waals surface area contributed by atoms with Gasteiger partial charge in [-0.2, -0.15) is 10.2 Å². The number of anilines is 1. The second-order valence-electron chi connectivity index (χ2n) is 6.57. The van der Waals surface area contributed by atoms with Gasteiger partial charge >= 0.3 is 0 Å². The molecule has 0 spiro atoms. The normalized spacial score (nSPS) is 10.8. The summed E-state index contributed by atoms with van der Waals surface area (Å²) in [6.45, 7) is 4.06. The molecule has 0 aliphatic carbocycles. The number of nitrogens with zero attached hydrogens (tertiary/aromatic N) is 7. The molecule has 4 aromatic rings. The number of aromatic nitrogens is 7. The summed E-state index contributed by atoms with van der Waals surface area (Å²) in [5.41, 5.74) is 0.793. The lowest BCUT2D eigenvalue weighted by Crippen LogP contribution is -2.15. The van der Waals surface area contributed by atoms with E-state index in [9.17, 15) is 4.79 Å². The number of carbonyl (C=O) groups excluding carboxylic acids is 1. The predicted molar refractivity (Wildman–Crippen MR) is 108 cm³/mol. The molecule has 0 aromatic carbocycles. The van der Waals surface area contributed by atoms with E-state index in [0.29, 0.717) is 28.8 Å². The average Bonchev–Trinajstić information content (AvgIpc) is 3.25. The first-order valence-corrected chi connectivity index (χ1v) is 9.19. The molecule has 0 saturated heterocycles. The summed E-state index contributed by atoms with van der Waals surface area (Å²) in [6.07, 6.45) is 6.14. The molecule has 30 heavy (non-hydrogen) atoms. The maximum atomic E-state index is 12.7. The monoisotopic (exact) mass is 402 g/mol. The summed E-state index contributed by atoms with van der Waals surface area (Å²) in [5.74, 6) is 1.55. The maximum absolute atomic E-state index is 12.7. The van der Waals surface area contributed by atoms with Gasteiger partial charge < -0.3 is 14.6 Å². The van der Waals surface area contributed by atoms with E-state index in [1.807, 2.05) is 24.5 Å². The number of hydrogen-bond donors (Lipinski definition) is 1. The van der Waals surface area contributed by atoms with Crippen LogP contribution in [0.25, 0.3) is 11.5 Å². The van der Waals surface area contributed by atoms with Crippen LogP contribution in [-0.4, -0.2) is 40.8 Å². The molecule has 1 amide bonds. The van der Waals surface area contributed by atoms with Crippen LogP contribution in [0.1, 0.15) is 30.4 Å². The summed E-state index contributed by atoms with van der Waals surface area (Å²) in [4.78, 5) is 21.3. The van der Waals surface area contributed by atoms with Crippen molar-refractivity contribution in [2.24, 2.45) is 0 Å². The zero-order valence-corrected chi connectivity index (χ0v) is 16.3. The number of nitrogens with one attached hydrogen (secondary N) is 1. The number of rotatable bonds is 6. The van der Waals surface area contributed by atoms with E-state index in [-0.39, 0.29) is 11.7 Å². The fraction of sp³-hybridized carbons (Fsp3) is 0.150. The molecule has 10 nitrogen and oxygen atoms in total. The molecule has 0 unspecified atom stereocenters. The second-order valence-corrected chi connectivity index (χ2v) is 6.57. The Morgan fingerprint density at radius 1 is 1.07 bits per heavy atom. The van der Waals surface area contributed by atoms with E-state index in [2.05, 4.69) is 35.7 Å². The molecular weight excluding hydrogens is 384 g/mol. The van der Waals surface area contributed by atoms with Crippen molar-refractivity contribution in [2.45, 2.75) is 19.9 Å². The number of amides is 1. The highest BCUT2D eigenvalue weighted by Crippen LogP contribution is 2.22. The van der Waals surface area contributed by atoms with Crippen LogP contribution in [0.4, 0.5) is 5.82 Å². The van der Waals surface area contributed by atoms with Gasteiger partial charge in [0.25, 0.3) is 5.91 Å². The summed E-state index contributed by atoms with van der Waals surface area (Å²) < 4.78 is 7.57. The van der Waals surface area contributed by atoms with Crippen LogP contribution in [0.15, 0.2) is 61.3 Å². The fourth-order valence-electron chi connectivity index (χ4n) is 2.69. The Morgan fingerprint density at radius 2 is 1.93 bits per heavy atom. The van der Waals surface area contributed by atoms with Gasteiger partial charge in [-0.15, -0.1) is 10.2 Å². The Kier molecular flexibility index (Phi) is 5.37. The summed E-state index contributed by atoms with van der Waals surface area (Å²) in [6, 6.07) is 10.3. The number of carbonyl (C=O) groups is 1. The highest BCUT2D eigenvalue weighted by Gasteiger charge is 2.14. The van der Waals surface area contributed by atoms with Gasteiger partial charge in [0.15, 0.2) is 5.82 Å². The highest BCUT2D eigenvalue weighted by atomic mass is 16.5. The molecule has 4 rings (SSSR count). The third-order valence-corrected chi connectivity index (χ3v) is 4.11. The SMILES string of the molecule is CC(C)n1cnnc1-c1cccc(NC(=O)c2cc(Oc3ccnnc3)ccn2)n1. The lowest BCUT2D eigenvalue weighted by atomic mass is 10.3. The van der Waals surface area contributed by atoms with Crippen molar-refractivity contribution >= 4 is 11.7 Å². The first-order chi connectivity index (χ1) is 14.6. The Labute approximate surface area is 172 Å². The minimum Gasteiger partial charge on any atom is -0.455 e.